The van der Waals surface area contributed by atoms with Crippen LogP contribution in [0.2, 0.25) is 0 Å². The molecule has 0 aromatic heterocycles. The van der Waals surface area contributed by atoms with E-state index in [2.05, 4.69) is 8.92 Å². The summed E-state index contributed by atoms with van der Waals surface area (Å²) in [6.45, 7) is -1.15. The molecule has 0 bridgehead atoms. The summed E-state index contributed by atoms with van der Waals surface area (Å²) in [6, 6.07) is 0. The summed E-state index contributed by atoms with van der Waals surface area (Å²) in [5, 5.41) is 0. The van der Waals surface area contributed by atoms with Crippen molar-refractivity contribution < 1.29 is 30.5 Å². The van der Waals surface area contributed by atoms with Crippen LogP contribution in [0, 0.1) is 12.3 Å². The molecule has 0 saturated heterocycles. The molecular formula is C6H7F3O4S. The fourth-order valence-electron chi connectivity index (χ4n) is 0.401. The summed E-state index contributed by atoms with van der Waals surface area (Å²) in [5.41, 5.74) is -5.40. The molecule has 0 radical (unpaired) electrons. The molecule has 0 spiro atoms. The fraction of sp³-hybridized carbons (Fsp3) is 0.667. The van der Waals surface area contributed by atoms with E-state index in [0.29, 0.717) is 0 Å². The van der Waals surface area contributed by atoms with Crippen LogP contribution in [0.1, 0.15) is 0 Å². The van der Waals surface area contributed by atoms with E-state index in [9.17, 15) is 21.6 Å². The van der Waals surface area contributed by atoms with Gasteiger partial charge >= 0.3 is 15.6 Å². The van der Waals surface area contributed by atoms with E-state index in [0.717, 1.165) is 0 Å². The summed E-state index contributed by atoms with van der Waals surface area (Å²) in [7, 11) is -5.52. The van der Waals surface area contributed by atoms with Crippen LogP contribution in [0.5, 0.6) is 0 Å². The Bertz CT molecular complexity index is 300. The lowest BCUT2D eigenvalue weighted by molar-refractivity contribution is -0.0553. The SMILES string of the molecule is C#CCOCCOS(=O)(=O)C(F)(F)F. The Morgan fingerprint density at radius 2 is 1.86 bits per heavy atom. The average Bonchev–Trinajstić information content (AvgIpc) is 2.02. The molecule has 14 heavy (non-hydrogen) atoms. The van der Waals surface area contributed by atoms with E-state index in [1.165, 1.54) is 0 Å². The Balaban J connectivity index is 3.87. The van der Waals surface area contributed by atoms with Crippen LogP contribution in [-0.2, 0) is 19.0 Å². The van der Waals surface area contributed by atoms with Crippen molar-refractivity contribution in [3.63, 3.8) is 0 Å². The van der Waals surface area contributed by atoms with Crippen molar-refractivity contribution in [2.24, 2.45) is 0 Å². The molecule has 82 valence electrons. The summed E-state index contributed by atoms with van der Waals surface area (Å²) in [5.74, 6) is 2.05. The highest BCUT2D eigenvalue weighted by Crippen LogP contribution is 2.24. The quantitative estimate of drug-likeness (QED) is 0.300. The number of terminal acetylenes is 1. The molecule has 0 unspecified atom stereocenters. The first-order valence-electron chi connectivity index (χ1n) is 3.28. The molecule has 8 heteroatoms. The van der Waals surface area contributed by atoms with Gasteiger partial charge in [0.15, 0.2) is 0 Å². The Morgan fingerprint density at radius 1 is 1.29 bits per heavy atom. The van der Waals surface area contributed by atoms with Crippen LogP contribution < -0.4 is 0 Å². The highest BCUT2D eigenvalue weighted by atomic mass is 32.2. The minimum absolute atomic E-state index is 0.116. The van der Waals surface area contributed by atoms with Crippen molar-refractivity contribution in [1.29, 1.82) is 0 Å². The van der Waals surface area contributed by atoms with Crippen LogP contribution in [0.3, 0.4) is 0 Å². The molecule has 4 nitrogen and oxygen atoms in total. The number of rotatable bonds is 5. The molecule has 0 atom stereocenters. The summed E-state index contributed by atoms with van der Waals surface area (Å²) in [6.07, 6.45) is 4.75. The maximum Gasteiger partial charge on any atom is 0.523 e. The second-order valence-electron chi connectivity index (χ2n) is 1.98. The third-order valence-corrected chi connectivity index (χ3v) is 1.98. The van der Waals surface area contributed by atoms with Crippen LogP contribution in [0.15, 0.2) is 0 Å². The highest BCUT2D eigenvalue weighted by molar-refractivity contribution is 7.87. The van der Waals surface area contributed by atoms with Gasteiger partial charge in [0.25, 0.3) is 0 Å². The highest BCUT2D eigenvalue weighted by Gasteiger charge is 2.47. The number of halogens is 3. The first kappa shape index (κ1) is 13.2. The van der Waals surface area contributed by atoms with Gasteiger partial charge in [-0.25, -0.2) is 0 Å². The van der Waals surface area contributed by atoms with Gasteiger partial charge in [-0.15, -0.1) is 6.42 Å². The zero-order valence-electron chi connectivity index (χ0n) is 6.87. The normalized spacial score (nSPS) is 12.4. The molecule has 0 aromatic carbocycles. The van der Waals surface area contributed by atoms with Crippen molar-refractivity contribution in [3.8, 4) is 12.3 Å². The van der Waals surface area contributed by atoms with Gasteiger partial charge in [0, 0.05) is 0 Å². The Hall–Kier alpha value is -0.780. The zero-order valence-corrected chi connectivity index (χ0v) is 7.69. The molecule has 0 aliphatic heterocycles. The summed E-state index contributed by atoms with van der Waals surface area (Å²) >= 11 is 0. The minimum Gasteiger partial charge on any atom is -0.366 e. The second kappa shape index (κ2) is 5.19. The standard InChI is InChI=1S/C6H7F3O4S/c1-2-3-12-4-5-13-14(10,11)6(7,8)9/h1H,3-5H2. The van der Waals surface area contributed by atoms with E-state index in [4.69, 9.17) is 6.42 Å². The predicted octanol–water partition coefficient (Wildman–Crippen LogP) is 0.502. The molecule has 0 aliphatic carbocycles. The third-order valence-electron chi connectivity index (χ3n) is 0.935. The van der Waals surface area contributed by atoms with Gasteiger partial charge in [-0.2, -0.15) is 21.6 Å². The molecule has 0 heterocycles. The molecule has 0 aliphatic rings. The van der Waals surface area contributed by atoms with Crippen LogP contribution in [0.4, 0.5) is 13.2 Å². The Morgan fingerprint density at radius 3 is 2.29 bits per heavy atom. The van der Waals surface area contributed by atoms with Gasteiger partial charge in [0.2, 0.25) is 0 Å². The summed E-state index contributed by atoms with van der Waals surface area (Å²) < 4.78 is 63.4. The van der Waals surface area contributed by atoms with E-state index in [-0.39, 0.29) is 13.2 Å². The lowest BCUT2D eigenvalue weighted by atomic mass is 10.7. The van der Waals surface area contributed by atoms with E-state index >= 15 is 0 Å². The monoisotopic (exact) mass is 232 g/mol. The van der Waals surface area contributed by atoms with E-state index in [1.54, 1.807) is 0 Å². The molecular weight excluding hydrogens is 225 g/mol. The zero-order chi connectivity index (χ0) is 11.2. The van der Waals surface area contributed by atoms with Crippen molar-refractivity contribution in [2.75, 3.05) is 19.8 Å². The minimum atomic E-state index is -5.52. The average molecular weight is 232 g/mol. The number of hydrogen-bond donors (Lipinski definition) is 0. The molecule has 0 rings (SSSR count). The molecule has 0 amide bonds. The molecule has 0 N–H and O–H groups in total. The smallest absolute Gasteiger partial charge is 0.366 e. The van der Waals surface area contributed by atoms with E-state index < -0.39 is 22.2 Å². The number of hydrogen-bond acceptors (Lipinski definition) is 4. The van der Waals surface area contributed by atoms with Crippen molar-refractivity contribution >= 4 is 10.1 Å². The molecule has 0 aromatic rings. The van der Waals surface area contributed by atoms with Crippen LogP contribution in [-0.4, -0.2) is 33.7 Å². The van der Waals surface area contributed by atoms with Gasteiger partial charge < -0.3 is 4.74 Å². The van der Waals surface area contributed by atoms with Crippen molar-refractivity contribution in [3.05, 3.63) is 0 Å². The third kappa shape index (κ3) is 4.45. The van der Waals surface area contributed by atoms with Gasteiger partial charge in [-0.3, -0.25) is 4.18 Å². The first-order valence-corrected chi connectivity index (χ1v) is 4.69. The van der Waals surface area contributed by atoms with Gasteiger partial charge in [-0.05, 0) is 0 Å². The maximum atomic E-state index is 11.6. The van der Waals surface area contributed by atoms with Gasteiger partial charge in [0.05, 0.1) is 13.2 Å². The summed E-state index contributed by atoms with van der Waals surface area (Å²) in [4.78, 5) is 0. The van der Waals surface area contributed by atoms with Gasteiger partial charge in [0.1, 0.15) is 6.61 Å². The first-order chi connectivity index (χ1) is 6.31. The lowest BCUT2D eigenvalue weighted by Gasteiger charge is -2.07. The van der Waals surface area contributed by atoms with Crippen molar-refractivity contribution in [1.82, 2.24) is 0 Å². The number of ether oxygens (including phenoxy) is 1. The topological polar surface area (TPSA) is 52.6 Å². The van der Waals surface area contributed by atoms with E-state index in [1.807, 2.05) is 5.92 Å². The molecule has 0 saturated carbocycles. The maximum absolute atomic E-state index is 11.6. The van der Waals surface area contributed by atoms with Crippen molar-refractivity contribution in [2.45, 2.75) is 5.51 Å². The largest absolute Gasteiger partial charge is 0.523 e. The Kier molecular flexibility index (Phi) is 4.90. The predicted molar refractivity (Wildman–Crippen MR) is 40.6 cm³/mol. The van der Waals surface area contributed by atoms with Crippen LogP contribution in [0.25, 0.3) is 0 Å². The number of alkyl halides is 3. The molecule has 0 fully saturated rings. The fourth-order valence-corrected chi connectivity index (χ4v) is 0.822. The van der Waals surface area contributed by atoms with Gasteiger partial charge in [-0.1, -0.05) is 5.92 Å². The second-order valence-corrected chi connectivity index (χ2v) is 3.59. The Labute approximate surface area is 79.1 Å². The lowest BCUT2D eigenvalue weighted by Crippen LogP contribution is -2.26. The van der Waals surface area contributed by atoms with Crippen LogP contribution >= 0.6 is 0 Å².